The lowest BCUT2D eigenvalue weighted by molar-refractivity contribution is 0.737. The molecule has 1 fully saturated rings. The quantitative estimate of drug-likeness (QED) is 0.743. The van der Waals surface area contributed by atoms with Crippen molar-refractivity contribution in [2.24, 2.45) is 5.73 Å². The van der Waals surface area contributed by atoms with Gasteiger partial charge in [-0.15, -0.1) is 0 Å². The molecule has 13 heavy (non-hydrogen) atoms. The van der Waals surface area contributed by atoms with Crippen LogP contribution in [0.5, 0.6) is 0 Å². The number of benzene rings is 1. The van der Waals surface area contributed by atoms with Crippen molar-refractivity contribution in [1.29, 1.82) is 0 Å². The van der Waals surface area contributed by atoms with Crippen LogP contribution < -0.4 is 10.6 Å². The van der Waals surface area contributed by atoms with Gasteiger partial charge in [0.1, 0.15) is 0 Å². The third-order valence-corrected chi connectivity index (χ3v) is 2.71. The van der Waals surface area contributed by atoms with E-state index in [2.05, 4.69) is 43.3 Å². The lowest BCUT2D eigenvalue weighted by Crippen LogP contribution is -2.23. The molecule has 2 heteroatoms. The van der Waals surface area contributed by atoms with Crippen LogP contribution in [0, 0.1) is 0 Å². The Hall–Kier alpha value is -1.02. The molecule has 0 radical (unpaired) electrons. The maximum atomic E-state index is 6.18. The third kappa shape index (κ3) is 1.42. The molecule has 0 aromatic heterocycles. The van der Waals surface area contributed by atoms with E-state index >= 15 is 0 Å². The number of anilines is 1. The Morgan fingerprint density at radius 1 is 1.23 bits per heavy atom. The molecule has 0 atom stereocenters. The first-order chi connectivity index (χ1) is 6.13. The normalized spacial score (nSPS) is 18.4. The molecule has 0 aliphatic heterocycles. The summed E-state index contributed by atoms with van der Waals surface area (Å²) in [5.74, 6) is 0. The second-order valence-electron chi connectivity index (χ2n) is 4.07. The van der Waals surface area contributed by atoms with Crippen LogP contribution in [0.4, 0.5) is 5.69 Å². The summed E-state index contributed by atoms with van der Waals surface area (Å²) < 4.78 is 0. The van der Waals surface area contributed by atoms with Gasteiger partial charge in [-0.1, -0.05) is 18.2 Å². The zero-order chi connectivity index (χ0) is 9.47. The number of hydrogen-bond donors (Lipinski definition) is 1. The average Bonchev–Trinajstić information content (AvgIpc) is 2.85. The molecular formula is C11H16N2. The number of rotatable bonds is 2. The Balaban J connectivity index is 2.44. The van der Waals surface area contributed by atoms with E-state index in [0.717, 1.165) is 12.8 Å². The molecule has 70 valence electrons. The highest BCUT2D eigenvalue weighted by Gasteiger charge is 2.41. The molecule has 2 N–H and O–H groups in total. The Morgan fingerprint density at radius 2 is 1.85 bits per heavy atom. The van der Waals surface area contributed by atoms with Crippen molar-refractivity contribution < 1.29 is 0 Å². The predicted octanol–water partition coefficient (Wildman–Crippen LogP) is 1.70. The van der Waals surface area contributed by atoms with Gasteiger partial charge in [0.25, 0.3) is 0 Å². The van der Waals surface area contributed by atoms with Gasteiger partial charge in [-0.2, -0.15) is 0 Å². The summed E-state index contributed by atoms with van der Waals surface area (Å²) in [6.07, 6.45) is 2.25. The van der Waals surface area contributed by atoms with Crippen molar-refractivity contribution in [3.63, 3.8) is 0 Å². The standard InChI is InChI=1S/C11H16N2/c1-13(2)10-6-4-3-5-9(10)11(12)7-8-11/h3-6H,7-8,12H2,1-2H3. The molecule has 1 aromatic rings. The fourth-order valence-corrected chi connectivity index (χ4v) is 1.69. The molecule has 0 unspecified atom stereocenters. The van der Waals surface area contributed by atoms with Crippen LogP contribution in [0.1, 0.15) is 18.4 Å². The maximum absolute atomic E-state index is 6.18. The van der Waals surface area contributed by atoms with Crippen molar-refractivity contribution >= 4 is 5.69 Å². The monoisotopic (exact) mass is 176 g/mol. The largest absolute Gasteiger partial charge is 0.377 e. The van der Waals surface area contributed by atoms with E-state index in [9.17, 15) is 0 Å². The first-order valence-corrected chi connectivity index (χ1v) is 4.69. The highest BCUT2D eigenvalue weighted by Crippen LogP contribution is 2.45. The zero-order valence-electron chi connectivity index (χ0n) is 8.25. The van der Waals surface area contributed by atoms with E-state index in [-0.39, 0.29) is 5.54 Å². The molecule has 0 bridgehead atoms. The summed E-state index contributed by atoms with van der Waals surface area (Å²) in [6.45, 7) is 0. The molecule has 2 rings (SSSR count). The van der Waals surface area contributed by atoms with E-state index in [1.54, 1.807) is 0 Å². The van der Waals surface area contributed by atoms with E-state index in [0.29, 0.717) is 0 Å². The lowest BCUT2D eigenvalue weighted by Gasteiger charge is -2.20. The molecule has 1 saturated carbocycles. The van der Waals surface area contributed by atoms with Gasteiger partial charge in [0.2, 0.25) is 0 Å². The smallest absolute Gasteiger partial charge is 0.0431 e. The molecule has 0 spiro atoms. The van der Waals surface area contributed by atoms with Crippen molar-refractivity contribution in [1.82, 2.24) is 0 Å². The summed E-state index contributed by atoms with van der Waals surface area (Å²) in [6, 6.07) is 8.39. The molecule has 2 nitrogen and oxygen atoms in total. The molecule has 1 aliphatic carbocycles. The van der Waals surface area contributed by atoms with Gasteiger partial charge in [-0.05, 0) is 24.5 Å². The van der Waals surface area contributed by atoms with Crippen molar-refractivity contribution in [2.45, 2.75) is 18.4 Å². The SMILES string of the molecule is CN(C)c1ccccc1C1(N)CC1. The summed E-state index contributed by atoms with van der Waals surface area (Å²) in [5, 5.41) is 0. The summed E-state index contributed by atoms with van der Waals surface area (Å²) in [7, 11) is 4.12. The van der Waals surface area contributed by atoms with E-state index in [1.807, 2.05) is 0 Å². The predicted molar refractivity (Wildman–Crippen MR) is 55.9 cm³/mol. The molecule has 0 heterocycles. The van der Waals surface area contributed by atoms with Gasteiger partial charge in [0.15, 0.2) is 0 Å². The van der Waals surface area contributed by atoms with Crippen LogP contribution >= 0.6 is 0 Å². The van der Waals surface area contributed by atoms with Gasteiger partial charge < -0.3 is 10.6 Å². The van der Waals surface area contributed by atoms with E-state index < -0.39 is 0 Å². The van der Waals surface area contributed by atoms with Crippen LogP contribution in [0.15, 0.2) is 24.3 Å². The minimum atomic E-state index is -0.0269. The van der Waals surface area contributed by atoms with Crippen LogP contribution in [0.2, 0.25) is 0 Å². The molecule has 1 aromatic carbocycles. The topological polar surface area (TPSA) is 29.3 Å². The third-order valence-electron chi connectivity index (χ3n) is 2.71. The minimum absolute atomic E-state index is 0.0269. The molecule has 0 saturated heterocycles. The van der Waals surface area contributed by atoms with Gasteiger partial charge >= 0.3 is 0 Å². The van der Waals surface area contributed by atoms with E-state index in [4.69, 9.17) is 5.73 Å². The number of hydrogen-bond acceptors (Lipinski definition) is 2. The summed E-state index contributed by atoms with van der Waals surface area (Å²) in [5.41, 5.74) is 8.70. The number of para-hydroxylation sites is 1. The molecule has 0 amide bonds. The van der Waals surface area contributed by atoms with Crippen LogP contribution in [0.25, 0.3) is 0 Å². The minimum Gasteiger partial charge on any atom is -0.377 e. The van der Waals surface area contributed by atoms with Crippen molar-refractivity contribution in [3.05, 3.63) is 29.8 Å². The lowest BCUT2D eigenvalue weighted by atomic mass is 10.0. The Morgan fingerprint density at radius 3 is 2.38 bits per heavy atom. The second-order valence-corrected chi connectivity index (χ2v) is 4.07. The Labute approximate surface area is 79.4 Å². The summed E-state index contributed by atoms with van der Waals surface area (Å²) in [4.78, 5) is 2.13. The van der Waals surface area contributed by atoms with Gasteiger partial charge in [0.05, 0.1) is 0 Å². The molecular weight excluding hydrogens is 160 g/mol. The fraction of sp³-hybridized carbons (Fsp3) is 0.455. The fourth-order valence-electron chi connectivity index (χ4n) is 1.69. The van der Waals surface area contributed by atoms with Crippen LogP contribution in [-0.2, 0) is 5.54 Å². The zero-order valence-corrected chi connectivity index (χ0v) is 8.25. The molecule has 1 aliphatic rings. The Bertz CT molecular complexity index is 314. The first-order valence-electron chi connectivity index (χ1n) is 4.69. The highest BCUT2D eigenvalue weighted by atomic mass is 15.1. The first kappa shape index (κ1) is 8.57. The maximum Gasteiger partial charge on any atom is 0.0431 e. The van der Waals surface area contributed by atoms with Crippen LogP contribution in [0.3, 0.4) is 0 Å². The van der Waals surface area contributed by atoms with Crippen molar-refractivity contribution in [3.8, 4) is 0 Å². The van der Waals surface area contributed by atoms with E-state index in [1.165, 1.54) is 11.3 Å². The second kappa shape index (κ2) is 2.74. The Kier molecular flexibility index (Phi) is 1.81. The summed E-state index contributed by atoms with van der Waals surface area (Å²) >= 11 is 0. The van der Waals surface area contributed by atoms with Gasteiger partial charge in [-0.3, -0.25) is 0 Å². The highest BCUT2D eigenvalue weighted by molar-refractivity contribution is 5.57. The van der Waals surface area contributed by atoms with Gasteiger partial charge in [-0.25, -0.2) is 0 Å². The van der Waals surface area contributed by atoms with Crippen molar-refractivity contribution in [2.75, 3.05) is 19.0 Å². The number of nitrogens with zero attached hydrogens (tertiary/aromatic N) is 1. The average molecular weight is 176 g/mol. The number of nitrogens with two attached hydrogens (primary N) is 1. The van der Waals surface area contributed by atoms with Crippen LogP contribution in [-0.4, -0.2) is 14.1 Å². The van der Waals surface area contributed by atoms with Gasteiger partial charge in [0, 0.05) is 25.3 Å².